The Morgan fingerprint density at radius 2 is 1.77 bits per heavy atom. The fourth-order valence-electron chi connectivity index (χ4n) is 4.57. The predicted molar refractivity (Wildman–Crippen MR) is 119 cm³/mol. The number of amides is 1. The molecule has 2 aliphatic rings. The van der Waals surface area contributed by atoms with Gasteiger partial charge in [-0.3, -0.25) is 14.8 Å². The summed E-state index contributed by atoms with van der Waals surface area (Å²) in [6, 6.07) is 7.55. The summed E-state index contributed by atoms with van der Waals surface area (Å²) >= 11 is 0. The average Bonchev–Trinajstić information content (AvgIpc) is 3.39. The zero-order chi connectivity index (χ0) is 21.0. The fraction of sp³-hybridized carbons (Fsp3) is 0.375. The highest BCUT2D eigenvalue weighted by atomic mass is 16.2. The Balaban J connectivity index is 1.48. The van der Waals surface area contributed by atoms with Gasteiger partial charge in [0.25, 0.3) is 5.91 Å². The van der Waals surface area contributed by atoms with Crippen LogP contribution in [0.4, 0.5) is 5.95 Å². The molecule has 0 radical (unpaired) electrons. The number of hydrogen-bond acceptors (Lipinski definition) is 6. The molecule has 2 saturated heterocycles. The molecule has 3 aromatic heterocycles. The van der Waals surface area contributed by atoms with Crippen LogP contribution in [0, 0.1) is 0 Å². The molecule has 0 bridgehead atoms. The minimum absolute atomic E-state index is 0.0591. The van der Waals surface area contributed by atoms with Crippen molar-refractivity contribution < 1.29 is 4.79 Å². The largest absolute Gasteiger partial charge is 0.341 e. The van der Waals surface area contributed by atoms with Crippen molar-refractivity contribution in [2.75, 3.05) is 31.1 Å². The van der Waals surface area contributed by atoms with Gasteiger partial charge in [-0.1, -0.05) is 6.07 Å². The predicted octanol–water partition coefficient (Wildman–Crippen LogP) is 3.55. The van der Waals surface area contributed by atoms with Crippen LogP contribution in [0.15, 0.2) is 55.2 Å². The van der Waals surface area contributed by atoms with E-state index in [1.807, 2.05) is 29.4 Å². The highest BCUT2D eigenvalue weighted by Crippen LogP contribution is 2.34. The van der Waals surface area contributed by atoms with Gasteiger partial charge in [0, 0.05) is 79.8 Å². The molecule has 158 valence electrons. The molecule has 1 atom stereocenters. The number of aromatic nitrogens is 4. The molecule has 0 aliphatic carbocycles. The summed E-state index contributed by atoms with van der Waals surface area (Å²) < 4.78 is 0. The summed E-state index contributed by atoms with van der Waals surface area (Å²) in [6.07, 6.45) is 13.2. The minimum Gasteiger partial charge on any atom is -0.341 e. The molecule has 5 rings (SSSR count). The molecule has 5 heterocycles. The maximum atomic E-state index is 13.1. The number of hydrogen-bond donors (Lipinski definition) is 0. The van der Waals surface area contributed by atoms with Crippen molar-refractivity contribution in [2.24, 2.45) is 0 Å². The van der Waals surface area contributed by atoms with E-state index in [4.69, 9.17) is 9.97 Å². The van der Waals surface area contributed by atoms with Crippen LogP contribution in [0.3, 0.4) is 0 Å². The van der Waals surface area contributed by atoms with Crippen molar-refractivity contribution in [3.63, 3.8) is 0 Å². The lowest BCUT2D eigenvalue weighted by Crippen LogP contribution is -2.39. The second-order valence-corrected chi connectivity index (χ2v) is 8.23. The summed E-state index contributed by atoms with van der Waals surface area (Å²) in [5, 5.41) is 0. The monoisotopic (exact) mass is 414 g/mol. The third kappa shape index (κ3) is 4.13. The maximum Gasteiger partial charge on any atom is 0.253 e. The lowest BCUT2D eigenvalue weighted by Gasteiger charge is -2.33. The molecule has 31 heavy (non-hydrogen) atoms. The van der Waals surface area contributed by atoms with Crippen molar-refractivity contribution in [2.45, 2.75) is 31.6 Å². The Kier molecular flexibility index (Phi) is 5.56. The average molecular weight is 415 g/mol. The summed E-state index contributed by atoms with van der Waals surface area (Å²) in [7, 11) is 0. The molecule has 3 aromatic rings. The van der Waals surface area contributed by atoms with Gasteiger partial charge < -0.3 is 9.80 Å². The normalized spacial score (nSPS) is 18.9. The number of anilines is 1. The van der Waals surface area contributed by atoms with E-state index in [0.29, 0.717) is 12.1 Å². The third-order valence-electron chi connectivity index (χ3n) is 6.19. The van der Waals surface area contributed by atoms with Gasteiger partial charge in [-0.05, 0) is 43.9 Å². The van der Waals surface area contributed by atoms with Crippen molar-refractivity contribution in [3.8, 4) is 11.1 Å². The third-order valence-corrected chi connectivity index (χ3v) is 6.19. The number of pyridine rings is 2. The van der Waals surface area contributed by atoms with Crippen LogP contribution in [0.1, 0.15) is 47.7 Å². The van der Waals surface area contributed by atoms with Crippen molar-refractivity contribution in [3.05, 3.63) is 66.5 Å². The molecule has 7 nitrogen and oxygen atoms in total. The summed E-state index contributed by atoms with van der Waals surface area (Å²) in [5.74, 6) is 1.03. The van der Waals surface area contributed by atoms with Crippen LogP contribution in [0.5, 0.6) is 0 Å². The van der Waals surface area contributed by atoms with E-state index in [1.165, 1.54) is 12.8 Å². The Labute approximate surface area is 182 Å². The molecule has 2 fully saturated rings. The number of rotatable bonds is 4. The molecule has 0 unspecified atom stereocenters. The van der Waals surface area contributed by atoms with Gasteiger partial charge in [-0.2, -0.15) is 0 Å². The van der Waals surface area contributed by atoms with Gasteiger partial charge >= 0.3 is 0 Å². The van der Waals surface area contributed by atoms with E-state index in [0.717, 1.165) is 55.2 Å². The molecule has 2 aliphatic heterocycles. The second kappa shape index (κ2) is 8.79. The van der Waals surface area contributed by atoms with E-state index in [9.17, 15) is 4.79 Å². The Bertz CT molecular complexity index is 1040. The molecular weight excluding hydrogens is 388 g/mol. The van der Waals surface area contributed by atoms with E-state index >= 15 is 0 Å². The smallest absolute Gasteiger partial charge is 0.253 e. The van der Waals surface area contributed by atoms with Crippen LogP contribution in [-0.2, 0) is 0 Å². The highest BCUT2D eigenvalue weighted by Gasteiger charge is 2.29. The lowest BCUT2D eigenvalue weighted by atomic mass is 9.90. The van der Waals surface area contributed by atoms with Gasteiger partial charge in [0.1, 0.15) is 0 Å². The fourth-order valence-corrected chi connectivity index (χ4v) is 4.57. The first kappa shape index (κ1) is 19.6. The topological polar surface area (TPSA) is 75.1 Å². The first-order valence-corrected chi connectivity index (χ1v) is 11.0. The Hall–Kier alpha value is -3.35. The van der Waals surface area contributed by atoms with E-state index in [-0.39, 0.29) is 11.8 Å². The first-order valence-electron chi connectivity index (χ1n) is 11.0. The number of carbonyl (C=O) groups is 1. The van der Waals surface area contributed by atoms with Gasteiger partial charge in [-0.15, -0.1) is 0 Å². The molecule has 1 amide bonds. The van der Waals surface area contributed by atoms with Gasteiger partial charge in [0.2, 0.25) is 5.95 Å². The Morgan fingerprint density at radius 1 is 0.935 bits per heavy atom. The number of nitrogens with zero attached hydrogens (tertiary/aromatic N) is 6. The van der Waals surface area contributed by atoms with Gasteiger partial charge in [-0.25, -0.2) is 9.97 Å². The molecule has 7 heteroatoms. The summed E-state index contributed by atoms with van der Waals surface area (Å²) in [5.41, 5.74) is 3.74. The molecule has 0 spiro atoms. The second-order valence-electron chi connectivity index (χ2n) is 8.23. The molecular formula is C24H26N6O. The van der Waals surface area contributed by atoms with E-state index in [1.54, 1.807) is 30.7 Å². The number of carbonyl (C=O) groups excluding carboxylic acids is 1. The SMILES string of the molecule is O=C(c1ccncc1)N1CCC[C@H](c2nc(N3CCCC3)ncc2-c2cccnc2)C1. The lowest BCUT2D eigenvalue weighted by molar-refractivity contribution is 0.0706. The van der Waals surface area contributed by atoms with Crippen LogP contribution in [0.25, 0.3) is 11.1 Å². The zero-order valence-electron chi connectivity index (χ0n) is 17.5. The standard InChI is InChI=1S/C24H26N6O/c31-23(18-7-10-25-11-8-18)30-14-4-6-20(17-30)22-21(19-5-3-9-26-15-19)16-27-24(28-22)29-12-1-2-13-29/h3,5,7-11,15-16,20H,1-2,4,6,12-14,17H2/t20-/m0/s1. The van der Waals surface area contributed by atoms with Crippen LogP contribution < -0.4 is 4.90 Å². The Morgan fingerprint density at radius 3 is 2.55 bits per heavy atom. The quantitative estimate of drug-likeness (QED) is 0.650. The van der Waals surface area contributed by atoms with Gasteiger partial charge in [0.05, 0.1) is 5.69 Å². The van der Waals surface area contributed by atoms with Crippen LogP contribution >= 0.6 is 0 Å². The summed E-state index contributed by atoms with van der Waals surface area (Å²) in [6.45, 7) is 3.43. The molecule has 0 N–H and O–H groups in total. The maximum absolute atomic E-state index is 13.1. The number of likely N-dealkylation sites (tertiary alicyclic amines) is 1. The van der Waals surface area contributed by atoms with Crippen LogP contribution in [-0.4, -0.2) is 56.9 Å². The first-order chi connectivity index (χ1) is 15.3. The van der Waals surface area contributed by atoms with Crippen molar-refractivity contribution >= 4 is 11.9 Å². The molecule has 0 saturated carbocycles. The summed E-state index contributed by atoms with van der Waals surface area (Å²) in [4.78, 5) is 35.3. The highest BCUT2D eigenvalue weighted by molar-refractivity contribution is 5.94. The molecule has 0 aromatic carbocycles. The van der Waals surface area contributed by atoms with Gasteiger partial charge in [0.15, 0.2) is 0 Å². The number of piperidine rings is 1. The van der Waals surface area contributed by atoms with Crippen LogP contribution in [0.2, 0.25) is 0 Å². The van der Waals surface area contributed by atoms with Crippen molar-refractivity contribution in [1.29, 1.82) is 0 Å². The van der Waals surface area contributed by atoms with E-state index < -0.39 is 0 Å². The van der Waals surface area contributed by atoms with Crippen molar-refractivity contribution in [1.82, 2.24) is 24.8 Å². The minimum atomic E-state index is 0.0591. The zero-order valence-corrected chi connectivity index (χ0v) is 17.5. The van der Waals surface area contributed by atoms with E-state index in [2.05, 4.69) is 14.9 Å².